The van der Waals surface area contributed by atoms with Crippen molar-refractivity contribution in [3.8, 4) is 11.1 Å². The van der Waals surface area contributed by atoms with Gasteiger partial charge in [0.25, 0.3) is 5.91 Å². The number of hydrogen-bond donors (Lipinski definition) is 4. The van der Waals surface area contributed by atoms with Crippen LogP contribution < -0.4 is 21.8 Å². The van der Waals surface area contributed by atoms with Gasteiger partial charge in [-0.25, -0.2) is 9.18 Å². The van der Waals surface area contributed by atoms with E-state index < -0.39 is 35.5 Å². The fourth-order valence-corrected chi connectivity index (χ4v) is 3.24. The van der Waals surface area contributed by atoms with Crippen LogP contribution in [0.4, 0.5) is 17.6 Å². The molecule has 0 bridgehead atoms. The Hall–Kier alpha value is -3.51. The predicted octanol–water partition coefficient (Wildman–Crippen LogP) is 3.30. The molecule has 3 aromatic rings. The van der Waals surface area contributed by atoms with Gasteiger partial charge in [-0.3, -0.25) is 15.6 Å². The lowest BCUT2D eigenvalue weighted by molar-refractivity contribution is -0.252. The largest absolute Gasteiger partial charge is 0.426 e. The minimum Gasteiger partial charge on any atom is -0.423 e. The van der Waals surface area contributed by atoms with Crippen LogP contribution in [0, 0.1) is 5.82 Å². The number of carbonyl (C=O) groups excluding carboxylic acids is 1. The van der Waals surface area contributed by atoms with Gasteiger partial charge >= 0.3 is 11.8 Å². The van der Waals surface area contributed by atoms with Gasteiger partial charge in [0, 0.05) is 18.0 Å². The Morgan fingerprint density at radius 3 is 2.38 bits per heavy atom. The van der Waals surface area contributed by atoms with Crippen LogP contribution in [0.15, 0.2) is 57.7 Å². The van der Waals surface area contributed by atoms with Gasteiger partial charge in [-0.1, -0.05) is 31.2 Å². The average Bonchev–Trinajstić information content (AvgIpc) is 2.79. The van der Waals surface area contributed by atoms with Crippen molar-refractivity contribution in [3.63, 3.8) is 0 Å². The summed E-state index contributed by atoms with van der Waals surface area (Å²) < 4.78 is 57.3. The van der Waals surface area contributed by atoms with Gasteiger partial charge in [-0.15, -0.1) is 0 Å². The second-order valence-corrected chi connectivity index (χ2v) is 7.70. The molecular weight excluding hydrogens is 478 g/mol. The van der Waals surface area contributed by atoms with Crippen molar-refractivity contribution in [2.75, 3.05) is 0 Å². The molecule has 0 radical (unpaired) electrons. The molecule has 34 heavy (non-hydrogen) atoms. The van der Waals surface area contributed by atoms with E-state index in [9.17, 15) is 32.3 Å². The average molecular weight is 497 g/mol. The van der Waals surface area contributed by atoms with Gasteiger partial charge in [-0.2, -0.15) is 13.2 Å². The van der Waals surface area contributed by atoms with Crippen LogP contribution in [0.25, 0.3) is 22.1 Å². The topological polar surface area (TPSA) is 104 Å². The van der Waals surface area contributed by atoms with Crippen LogP contribution in [0.2, 0.25) is 0 Å². The van der Waals surface area contributed by atoms with Crippen molar-refractivity contribution in [3.05, 3.63) is 70.3 Å². The Kier molecular flexibility index (Phi) is 7.22. The van der Waals surface area contributed by atoms with Crippen LogP contribution in [0.3, 0.4) is 0 Å². The number of carbonyl (C=O) groups is 1. The molecule has 4 N–H and O–H groups in total. The molecule has 0 saturated heterocycles. The summed E-state index contributed by atoms with van der Waals surface area (Å²) in [6, 6.07) is 11.9. The van der Waals surface area contributed by atoms with Gasteiger partial charge in [0.1, 0.15) is 11.4 Å². The molecule has 3 rings (SSSR count). The third-order valence-electron chi connectivity index (χ3n) is 5.06. The van der Waals surface area contributed by atoms with Crippen LogP contribution >= 0.6 is 12.2 Å². The zero-order valence-electron chi connectivity index (χ0n) is 17.6. The maximum atomic E-state index is 13.2. The molecule has 0 aliphatic carbocycles. The molecule has 12 heteroatoms. The first-order valence-corrected chi connectivity index (χ1v) is 10.3. The van der Waals surface area contributed by atoms with E-state index in [2.05, 4.69) is 10.7 Å². The first-order valence-electron chi connectivity index (χ1n) is 9.90. The molecule has 0 fully saturated rings. The second-order valence-electron chi connectivity index (χ2n) is 7.29. The number of nitrogens with one attached hydrogen (secondary N) is 3. The summed E-state index contributed by atoms with van der Waals surface area (Å²) >= 11 is 4.93. The van der Waals surface area contributed by atoms with Crippen molar-refractivity contribution in [2.45, 2.75) is 31.7 Å². The molecule has 0 aliphatic heterocycles. The number of benzene rings is 2. The van der Waals surface area contributed by atoms with Crippen LogP contribution in [-0.4, -0.2) is 27.9 Å². The zero-order valence-corrected chi connectivity index (χ0v) is 18.4. The maximum Gasteiger partial charge on any atom is 0.426 e. The lowest BCUT2D eigenvalue weighted by atomic mass is 9.99. The van der Waals surface area contributed by atoms with E-state index in [-0.39, 0.29) is 17.2 Å². The lowest BCUT2D eigenvalue weighted by Crippen LogP contribution is -2.60. The number of fused-ring (bicyclic) bond motifs is 1. The molecule has 180 valence electrons. The SMILES string of the molecule is CC[C@](O)(C(=O)NNC(=S)NCc1ccc2c(-c3ccc(F)cc3)cc(=O)oc2c1)C(F)(F)F. The molecule has 1 aromatic heterocycles. The Morgan fingerprint density at radius 2 is 1.76 bits per heavy atom. The van der Waals surface area contributed by atoms with Crippen LogP contribution in [0.5, 0.6) is 0 Å². The fraction of sp³-hybridized carbons (Fsp3) is 0.227. The maximum absolute atomic E-state index is 13.2. The monoisotopic (exact) mass is 497 g/mol. The molecule has 1 amide bonds. The molecular formula is C22H19F4N3O4S. The number of halogens is 4. The number of rotatable bonds is 5. The van der Waals surface area contributed by atoms with Gasteiger partial charge in [0.2, 0.25) is 5.60 Å². The van der Waals surface area contributed by atoms with E-state index >= 15 is 0 Å². The van der Waals surface area contributed by atoms with Crippen molar-refractivity contribution in [1.82, 2.24) is 16.2 Å². The van der Waals surface area contributed by atoms with Crippen molar-refractivity contribution in [1.29, 1.82) is 0 Å². The standard InChI is InChI=1S/C22H19F4N3O4S/c1-2-21(32,22(24,25)26)19(31)28-29-20(34)27-11-12-3-8-15-16(10-18(30)33-17(15)9-12)13-4-6-14(23)7-5-13/h3-10,32H,2,11H2,1H3,(H,28,31)(H2,27,29,34)/t21-/m0/s1. The Morgan fingerprint density at radius 1 is 1.09 bits per heavy atom. The van der Waals surface area contributed by atoms with E-state index in [1.54, 1.807) is 23.6 Å². The molecule has 2 aromatic carbocycles. The normalized spacial score (nSPS) is 13.2. The van der Waals surface area contributed by atoms with Gasteiger partial charge < -0.3 is 14.8 Å². The number of alkyl halides is 3. The Labute approximate surface area is 195 Å². The summed E-state index contributed by atoms with van der Waals surface area (Å²) in [5, 5.41) is 12.7. The molecule has 0 saturated carbocycles. The fourth-order valence-electron chi connectivity index (χ4n) is 3.12. The van der Waals surface area contributed by atoms with Crippen molar-refractivity contribution >= 4 is 34.2 Å². The first-order chi connectivity index (χ1) is 15.9. The minimum atomic E-state index is -5.16. The third kappa shape index (κ3) is 5.34. The minimum absolute atomic E-state index is 0.0689. The highest BCUT2D eigenvalue weighted by molar-refractivity contribution is 7.80. The highest BCUT2D eigenvalue weighted by Gasteiger charge is 2.58. The zero-order chi connectivity index (χ0) is 25.1. The number of hydrogen-bond acceptors (Lipinski definition) is 5. The summed E-state index contributed by atoms with van der Waals surface area (Å²) in [6.45, 7) is 1.09. The molecule has 0 spiro atoms. The summed E-state index contributed by atoms with van der Waals surface area (Å²) in [7, 11) is 0. The molecule has 1 atom stereocenters. The first kappa shape index (κ1) is 25.1. The molecule has 1 heterocycles. The summed E-state index contributed by atoms with van der Waals surface area (Å²) in [4.78, 5) is 23.8. The number of thiocarbonyl (C=S) groups is 1. The second kappa shape index (κ2) is 9.77. The highest BCUT2D eigenvalue weighted by Crippen LogP contribution is 2.33. The van der Waals surface area contributed by atoms with Crippen LogP contribution in [0.1, 0.15) is 18.9 Å². The predicted molar refractivity (Wildman–Crippen MR) is 120 cm³/mol. The molecule has 0 aliphatic rings. The Balaban J connectivity index is 1.69. The Bertz CT molecular complexity index is 1280. The quantitative estimate of drug-likeness (QED) is 0.186. The van der Waals surface area contributed by atoms with Crippen molar-refractivity contribution < 1.29 is 31.9 Å². The van der Waals surface area contributed by atoms with E-state index in [1.165, 1.54) is 30.3 Å². The summed E-state index contributed by atoms with van der Waals surface area (Å²) in [5.41, 5.74) is 1.71. The van der Waals surface area contributed by atoms with Gasteiger partial charge in [-0.05, 0) is 53.5 Å². The van der Waals surface area contributed by atoms with Crippen molar-refractivity contribution in [2.24, 2.45) is 0 Å². The van der Waals surface area contributed by atoms with Crippen LogP contribution in [-0.2, 0) is 11.3 Å². The van der Waals surface area contributed by atoms with E-state index in [0.717, 1.165) is 6.92 Å². The highest BCUT2D eigenvalue weighted by atomic mass is 32.1. The van der Waals surface area contributed by atoms with Gasteiger partial charge in [0.05, 0.1) is 0 Å². The van der Waals surface area contributed by atoms with E-state index in [1.807, 2.05) is 0 Å². The summed E-state index contributed by atoms with van der Waals surface area (Å²) in [6.07, 6.45) is -6.04. The van der Waals surface area contributed by atoms with E-state index in [0.29, 0.717) is 22.1 Å². The number of hydrazine groups is 1. The number of amides is 1. The lowest BCUT2D eigenvalue weighted by Gasteiger charge is -2.28. The van der Waals surface area contributed by atoms with Gasteiger partial charge in [0.15, 0.2) is 5.11 Å². The molecule has 7 nitrogen and oxygen atoms in total. The smallest absolute Gasteiger partial charge is 0.423 e. The number of aliphatic hydroxyl groups is 1. The van der Waals surface area contributed by atoms with E-state index in [4.69, 9.17) is 16.6 Å². The summed E-state index contributed by atoms with van der Waals surface area (Å²) in [5.74, 6) is -2.12. The third-order valence-corrected chi connectivity index (χ3v) is 5.31. The molecule has 0 unspecified atom stereocenters.